The van der Waals surface area contributed by atoms with Crippen LogP contribution in [0.25, 0.3) is 11.1 Å². The third-order valence-electron chi connectivity index (χ3n) is 2.54. The smallest absolute Gasteiger partial charge is 0.316 e. The van der Waals surface area contributed by atoms with E-state index in [4.69, 9.17) is 10.2 Å². The van der Waals surface area contributed by atoms with Gasteiger partial charge in [0.05, 0.1) is 5.75 Å². The molecule has 19 heavy (non-hydrogen) atoms. The number of nitrogens with two attached hydrogens (primary N) is 1. The molecule has 0 bridgehead atoms. The van der Waals surface area contributed by atoms with Crippen LogP contribution in [0.4, 0.5) is 5.69 Å². The van der Waals surface area contributed by atoms with Crippen LogP contribution in [0, 0.1) is 0 Å². The number of anilines is 1. The van der Waals surface area contributed by atoms with Crippen molar-refractivity contribution in [3.63, 3.8) is 0 Å². The van der Waals surface area contributed by atoms with E-state index in [-0.39, 0.29) is 18.1 Å². The molecule has 1 aromatic heterocycles. The number of fused-ring (bicyclic) bond motifs is 1. The molecule has 0 saturated carbocycles. The van der Waals surface area contributed by atoms with Crippen LogP contribution < -0.4 is 11.1 Å². The highest BCUT2D eigenvalue weighted by molar-refractivity contribution is 7.91. The molecule has 102 valence electrons. The molecule has 2 rings (SSSR count). The number of nitrogens with zero attached hydrogens (tertiary/aromatic N) is 1. The maximum absolute atomic E-state index is 11.9. The average molecular weight is 283 g/mol. The summed E-state index contributed by atoms with van der Waals surface area (Å²) in [5.41, 5.74) is 6.74. The molecule has 0 aliphatic rings. The van der Waals surface area contributed by atoms with Gasteiger partial charge in [0.25, 0.3) is 0 Å². The SMILES string of the molecule is CNC(=O)CCS(=O)(=O)c1nc2ccc(N)cc2o1. The maximum atomic E-state index is 11.9. The van der Waals surface area contributed by atoms with Gasteiger partial charge >= 0.3 is 5.22 Å². The van der Waals surface area contributed by atoms with E-state index in [0.29, 0.717) is 16.8 Å². The quantitative estimate of drug-likeness (QED) is 0.781. The molecular weight excluding hydrogens is 270 g/mol. The van der Waals surface area contributed by atoms with Crippen molar-refractivity contribution in [1.82, 2.24) is 10.3 Å². The summed E-state index contributed by atoms with van der Waals surface area (Å²) in [4.78, 5) is 15.0. The molecule has 0 fully saturated rings. The summed E-state index contributed by atoms with van der Waals surface area (Å²) < 4.78 is 29.0. The molecule has 8 heteroatoms. The molecule has 0 aliphatic carbocycles. The Morgan fingerprint density at radius 2 is 2.21 bits per heavy atom. The lowest BCUT2D eigenvalue weighted by molar-refractivity contribution is -0.120. The van der Waals surface area contributed by atoms with E-state index in [1.807, 2.05) is 0 Å². The monoisotopic (exact) mass is 283 g/mol. The summed E-state index contributed by atoms with van der Waals surface area (Å²) in [6.45, 7) is 0. The van der Waals surface area contributed by atoms with Gasteiger partial charge in [0.1, 0.15) is 5.52 Å². The Morgan fingerprint density at radius 3 is 2.89 bits per heavy atom. The topological polar surface area (TPSA) is 115 Å². The van der Waals surface area contributed by atoms with E-state index in [9.17, 15) is 13.2 Å². The molecular formula is C11H13N3O4S. The minimum absolute atomic E-state index is 0.139. The molecule has 2 aromatic rings. The number of nitrogens with one attached hydrogen (secondary N) is 1. The number of oxazole rings is 1. The van der Waals surface area contributed by atoms with Gasteiger partial charge in [-0.05, 0) is 12.1 Å². The minimum Gasteiger partial charge on any atom is -0.428 e. The lowest BCUT2D eigenvalue weighted by Crippen LogP contribution is -2.21. The van der Waals surface area contributed by atoms with Gasteiger partial charge in [-0.2, -0.15) is 4.98 Å². The Bertz CT molecular complexity index is 721. The van der Waals surface area contributed by atoms with Crippen LogP contribution in [0.1, 0.15) is 6.42 Å². The summed E-state index contributed by atoms with van der Waals surface area (Å²) >= 11 is 0. The van der Waals surface area contributed by atoms with Crippen LogP contribution in [0.3, 0.4) is 0 Å². The van der Waals surface area contributed by atoms with Crippen LogP contribution in [0.2, 0.25) is 0 Å². The molecule has 1 heterocycles. The largest absolute Gasteiger partial charge is 0.428 e. The predicted molar refractivity (Wildman–Crippen MR) is 69.2 cm³/mol. The predicted octanol–water partition coefficient (Wildman–Crippen LogP) is 0.320. The molecule has 3 N–H and O–H groups in total. The summed E-state index contributed by atoms with van der Waals surface area (Å²) in [6.07, 6.45) is -0.139. The van der Waals surface area contributed by atoms with Crippen molar-refractivity contribution in [2.24, 2.45) is 0 Å². The van der Waals surface area contributed by atoms with Gasteiger partial charge in [0, 0.05) is 25.2 Å². The average Bonchev–Trinajstić information content (AvgIpc) is 2.79. The van der Waals surface area contributed by atoms with E-state index in [0.717, 1.165) is 0 Å². The molecule has 0 spiro atoms. The van der Waals surface area contributed by atoms with Gasteiger partial charge in [-0.15, -0.1) is 0 Å². The van der Waals surface area contributed by atoms with Crippen molar-refractivity contribution in [2.75, 3.05) is 18.5 Å². The molecule has 0 saturated heterocycles. The lowest BCUT2D eigenvalue weighted by atomic mass is 10.3. The lowest BCUT2D eigenvalue weighted by Gasteiger charge is -1.98. The number of carbonyl (C=O) groups is 1. The van der Waals surface area contributed by atoms with Crippen LogP contribution in [-0.4, -0.2) is 32.1 Å². The first-order chi connectivity index (χ1) is 8.92. The fourth-order valence-corrected chi connectivity index (χ4v) is 2.58. The zero-order valence-corrected chi connectivity index (χ0v) is 11.0. The highest BCUT2D eigenvalue weighted by atomic mass is 32.2. The van der Waals surface area contributed by atoms with Gasteiger partial charge in [-0.3, -0.25) is 4.79 Å². The van der Waals surface area contributed by atoms with Crippen LogP contribution >= 0.6 is 0 Å². The Kier molecular flexibility index (Phi) is 3.43. The first-order valence-corrected chi connectivity index (χ1v) is 7.17. The fraction of sp³-hybridized carbons (Fsp3) is 0.273. The Balaban J connectivity index is 2.30. The van der Waals surface area contributed by atoms with Crippen molar-refractivity contribution in [2.45, 2.75) is 11.6 Å². The fourth-order valence-electron chi connectivity index (χ4n) is 1.49. The van der Waals surface area contributed by atoms with E-state index >= 15 is 0 Å². The highest BCUT2D eigenvalue weighted by Crippen LogP contribution is 2.21. The second-order valence-corrected chi connectivity index (χ2v) is 5.94. The molecule has 0 radical (unpaired) electrons. The number of benzene rings is 1. The van der Waals surface area contributed by atoms with Gasteiger partial charge in [0.2, 0.25) is 15.7 Å². The Labute approximate surface area is 109 Å². The molecule has 1 amide bonds. The number of rotatable bonds is 4. The zero-order chi connectivity index (χ0) is 14.0. The van der Waals surface area contributed by atoms with E-state index < -0.39 is 15.1 Å². The van der Waals surface area contributed by atoms with E-state index in [1.165, 1.54) is 13.1 Å². The number of nitrogen functional groups attached to an aromatic ring is 1. The van der Waals surface area contributed by atoms with Gasteiger partial charge in [-0.1, -0.05) is 0 Å². The molecule has 0 unspecified atom stereocenters. The second kappa shape index (κ2) is 4.88. The standard InChI is InChI=1S/C11H13N3O4S/c1-13-10(15)4-5-19(16,17)11-14-8-3-2-7(12)6-9(8)18-11/h2-3,6H,4-5,12H2,1H3,(H,13,15). The number of carbonyl (C=O) groups excluding carboxylic acids is 1. The highest BCUT2D eigenvalue weighted by Gasteiger charge is 2.22. The summed E-state index contributed by atoms with van der Waals surface area (Å²) in [6, 6.07) is 4.68. The van der Waals surface area contributed by atoms with Crippen molar-refractivity contribution in [1.29, 1.82) is 0 Å². The van der Waals surface area contributed by atoms with E-state index in [1.54, 1.807) is 12.1 Å². The minimum atomic E-state index is -3.72. The number of sulfone groups is 1. The number of hydrogen-bond acceptors (Lipinski definition) is 6. The van der Waals surface area contributed by atoms with Crippen molar-refractivity contribution >= 4 is 32.5 Å². The third-order valence-corrected chi connectivity index (χ3v) is 3.98. The van der Waals surface area contributed by atoms with Gasteiger partial charge < -0.3 is 15.5 Å². The normalized spacial score (nSPS) is 11.6. The zero-order valence-electron chi connectivity index (χ0n) is 10.2. The number of aromatic nitrogens is 1. The maximum Gasteiger partial charge on any atom is 0.316 e. The summed E-state index contributed by atoms with van der Waals surface area (Å²) in [5, 5.41) is 1.96. The Morgan fingerprint density at radius 1 is 1.47 bits per heavy atom. The van der Waals surface area contributed by atoms with Gasteiger partial charge in [0.15, 0.2) is 5.58 Å². The second-order valence-electron chi connectivity index (χ2n) is 3.95. The van der Waals surface area contributed by atoms with Crippen LogP contribution in [0.5, 0.6) is 0 Å². The third kappa shape index (κ3) is 2.84. The van der Waals surface area contributed by atoms with Crippen molar-refractivity contribution < 1.29 is 17.6 Å². The molecule has 7 nitrogen and oxygen atoms in total. The first kappa shape index (κ1) is 13.3. The van der Waals surface area contributed by atoms with Gasteiger partial charge in [-0.25, -0.2) is 8.42 Å². The molecule has 0 aliphatic heterocycles. The molecule has 0 atom stereocenters. The molecule has 1 aromatic carbocycles. The van der Waals surface area contributed by atoms with E-state index in [2.05, 4.69) is 10.3 Å². The summed E-state index contributed by atoms with van der Waals surface area (Å²) in [5.74, 6) is -0.710. The number of amides is 1. The van der Waals surface area contributed by atoms with Crippen molar-refractivity contribution in [3.8, 4) is 0 Å². The Hall–Kier alpha value is -2.09. The van der Waals surface area contributed by atoms with Crippen LogP contribution in [0.15, 0.2) is 27.8 Å². The summed E-state index contributed by atoms with van der Waals surface area (Å²) in [7, 11) is -2.28. The van der Waals surface area contributed by atoms with Crippen LogP contribution in [-0.2, 0) is 14.6 Å². The van der Waals surface area contributed by atoms with Crippen molar-refractivity contribution in [3.05, 3.63) is 18.2 Å². The number of hydrogen-bond donors (Lipinski definition) is 2. The first-order valence-electron chi connectivity index (χ1n) is 5.52.